The summed E-state index contributed by atoms with van der Waals surface area (Å²) in [5.74, 6) is 1.76. The highest BCUT2D eigenvalue weighted by Gasteiger charge is 2.40. The van der Waals surface area contributed by atoms with Crippen molar-refractivity contribution in [3.05, 3.63) is 0 Å². The van der Waals surface area contributed by atoms with Crippen LogP contribution in [0.5, 0.6) is 0 Å². The van der Waals surface area contributed by atoms with Crippen LogP contribution in [0.1, 0.15) is 59.3 Å². The normalized spacial score (nSPS) is 41.7. The molecule has 4 unspecified atom stereocenters. The van der Waals surface area contributed by atoms with Gasteiger partial charge in [0, 0.05) is 31.2 Å². The summed E-state index contributed by atoms with van der Waals surface area (Å²) in [6.07, 6.45) is 8.72. The van der Waals surface area contributed by atoms with Crippen LogP contribution in [-0.4, -0.2) is 47.6 Å². The molecule has 1 saturated carbocycles. The van der Waals surface area contributed by atoms with Crippen LogP contribution in [0.4, 0.5) is 0 Å². The van der Waals surface area contributed by atoms with Crippen molar-refractivity contribution in [1.29, 1.82) is 0 Å². The van der Waals surface area contributed by atoms with E-state index in [1.165, 1.54) is 58.2 Å². The van der Waals surface area contributed by atoms with E-state index < -0.39 is 0 Å². The molecule has 0 amide bonds. The van der Waals surface area contributed by atoms with Crippen molar-refractivity contribution in [3.63, 3.8) is 0 Å². The zero-order valence-electron chi connectivity index (χ0n) is 13.1. The molecule has 110 valence electrons. The summed E-state index contributed by atoms with van der Waals surface area (Å²) in [6, 6.07) is 2.58. The molecule has 3 fully saturated rings. The van der Waals surface area contributed by atoms with Crippen LogP contribution in [-0.2, 0) is 0 Å². The van der Waals surface area contributed by atoms with Crippen molar-refractivity contribution in [1.82, 2.24) is 9.80 Å². The van der Waals surface area contributed by atoms with E-state index >= 15 is 0 Å². The highest BCUT2D eigenvalue weighted by atomic mass is 15.3. The van der Waals surface area contributed by atoms with Crippen molar-refractivity contribution in [2.45, 2.75) is 77.4 Å². The van der Waals surface area contributed by atoms with E-state index in [9.17, 15) is 0 Å². The lowest BCUT2D eigenvalue weighted by Crippen LogP contribution is -2.61. The van der Waals surface area contributed by atoms with Gasteiger partial charge in [-0.3, -0.25) is 9.80 Å². The first-order valence-electron chi connectivity index (χ1n) is 8.65. The molecule has 2 heteroatoms. The second-order valence-electron chi connectivity index (χ2n) is 7.72. The number of hydrogen-bond donors (Lipinski definition) is 0. The second kappa shape index (κ2) is 5.73. The molecule has 0 radical (unpaired) electrons. The molecule has 0 aromatic carbocycles. The predicted octanol–water partition coefficient (Wildman–Crippen LogP) is 3.37. The smallest absolute Gasteiger partial charge is 0.0249 e. The van der Waals surface area contributed by atoms with Crippen LogP contribution in [0.25, 0.3) is 0 Å². The topological polar surface area (TPSA) is 6.48 Å². The van der Waals surface area contributed by atoms with Crippen LogP contribution >= 0.6 is 0 Å². The Morgan fingerprint density at radius 1 is 0.947 bits per heavy atom. The molecule has 0 aromatic heterocycles. The van der Waals surface area contributed by atoms with Gasteiger partial charge in [0.05, 0.1) is 0 Å². The zero-order chi connectivity index (χ0) is 13.4. The summed E-state index contributed by atoms with van der Waals surface area (Å²) in [5.41, 5.74) is 0. The largest absolute Gasteiger partial charge is 0.298 e. The molecule has 0 N–H and O–H groups in total. The first kappa shape index (κ1) is 13.9. The highest BCUT2D eigenvalue weighted by molar-refractivity contribution is 4.96. The molecular weight excluding hydrogens is 232 g/mol. The van der Waals surface area contributed by atoms with Crippen molar-refractivity contribution in [2.75, 3.05) is 19.6 Å². The predicted molar refractivity (Wildman–Crippen MR) is 81.3 cm³/mol. The number of nitrogens with zero attached hydrogens (tertiary/aromatic N) is 2. The first-order chi connectivity index (χ1) is 9.15. The molecule has 2 heterocycles. The maximum atomic E-state index is 2.94. The third-order valence-corrected chi connectivity index (χ3v) is 5.92. The van der Waals surface area contributed by atoms with E-state index in [0.717, 1.165) is 30.0 Å². The average Bonchev–Trinajstić information content (AvgIpc) is 2.84. The number of hydrogen-bond acceptors (Lipinski definition) is 2. The van der Waals surface area contributed by atoms with Crippen molar-refractivity contribution >= 4 is 0 Å². The summed E-state index contributed by atoms with van der Waals surface area (Å²) >= 11 is 0. The molecule has 19 heavy (non-hydrogen) atoms. The Kier molecular flexibility index (Phi) is 4.19. The molecule has 0 aromatic rings. The summed E-state index contributed by atoms with van der Waals surface area (Å²) in [5, 5.41) is 0. The van der Waals surface area contributed by atoms with E-state index in [1.54, 1.807) is 0 Å². The zero-order valence-corrected chi connectivity index (χ0v) is 13.1. The monoisotopic (exact) mass is 264 g/mol. The van der Waals surface area contributed by atoms with Gasteiger partial charge in [-0.25, -0.2) is 0 Å². The van der Waals surface area contributed by atoms with Crippen LogP contribution in [0.2, 0.25) is 0 Å². The standard InChI is InChI=1S/C17H32N2/c1-13(2)17-12-18-9-5-8-16(18)11-19(17)15-7-4-6-14(3)10-15/h13-17H,4-12H2,1-3H3. The Balaban J connectivity index is 1.72. The molecule has 2 nitrogen and oxygen atoms in total. The SMILES string of the molecule is CC1CCCC(N2CC3CCCN3CC2C(C)C)C1. The van der Waals surface area contributed by atoms with Crippen molar-refractivity contribution in [3.8, 4) is 0 Å². The van der Waals surface area contributed by atoms with Gasteiger partial charge in [-0.05, 0) is 44.1 Å². The highest BCUT2D eigenvalue weighted by Crippen LogP contribution is 2.34. The minimum absolute atomic E-state index is 0.804. The second-order valence-corrected chi connectivity index (χ2v) is 7.72. The lowest BCUT2D eigenvalue weighted by molar-refractivity contribution is -0.0153. The Bertz CT molecular complexity index is 302. The minimum atomic E-state index is 0.804. The van der Waals surface area contributed by atoms with Crippen LogP contribution in [0.15, 0.2) is 0 Å². The lowest BCUT2D eigenvalue weighted by atomic mass is 9.83. The van der Waals surface area contributed by atoms with E-state index in [4.69, 9.17) is 0 Å². The summed E-state index contributed by atoms with van der Waals surface area (Å²) in [7, 11) is 0. The van der Waals surface area contributed by atoms with Crippen molar-refractivity contribution in [2.24, 2.45) is 11.8 Å². The third-order valence-electron chi connectivity index (χ3n) is 5.92. The Morgan fingerprint density at radius 2 is 1.74 bits per heavy atom. The van der Waals surface area contributed by atoms with Gasteiger partial charge >= 0.3 is 0 Å². The van der Waals surface area contributed by atoms with E-state index in [1.807, 2.05) is 0 Å². The molecule has 0 spiro atoms. The molecule has 3 aliphatic rings. The van der Waals surface area contributed by atoms with Gasteiger partial charge in [-0.1, -0.05) is 33.6 Å². The molecule has 2 saturated heterocycles. The average molecular weight is 264 g/mol. The quantitative estimate of drug-likeness (QED) is 0.754. The van der Waals surface area contributed by atoms with Crippen LogP contribution in [0.3, 0.4) is 0 Å². The van der Waals surface area contributed by atoms with E-state index in [0.29, 0.717) is 0 Å². The lowest BCUT2D eigenvalue weighted by Gasteiger charge is -2.50. The third kappa shape index (κ3) is 2.85. The van der Waals surface area contributed by atoms with Gasteiger partial charge in [-0.15, -0.1) is 0 Å². The minimum Gasteiger partial charge on any atom is -0.298 e. The fraction of sp³-hybridized carbons (Fsp3) is 1.00. The number of piperazine rings is 1. The van der Waals surface area contributed by atoms with Gasteiger partial charge in [0.2, 0.25) is 0 Å². The maximum absolute atomic E-state index is 2.94. The molecule has 3 rings (SSSR count). The molecular formula is C17H32N2. The van der Waals surface area contributed by atoms with E-state index in [2.05, 4.69) is 30.6 Å². The Labute approximate surface area is 119 Å². The molecule has 2 aliphatic heterocycles. The van der Waals surface area contributed by atoms with Gasteiger partial charge in [-0.2, -0.15) is 0 Å². The number of rotatable bonds is 2. The van der Waals surface area contributed by atoms with E-state index in [-0.39, 0.29) is 0 Å². The fourth-order valence-corrected chi connectivity index (χ4v) is 4.78. The maximum Gasteiger partial charge on any atom is 0.0249 e. The summed E-state index contributed by atoms with van der Waals surface area (Å²) in [6.45, 7) is 11.4. The summed E-state index contributed by atoms with van der Waals surface area (Å²) in [4.78, 5) is 5.72. The fourth-order valence-electron chi connectivity index (χ4n) is 4.78. The summed E-state index contributed by atoms with van der Waals surface area (Å²) < 4.78 is 0. The van der Waals surface area contributed by atoms with Gasteiger partial charge in [0.25, 0.3) is 0 Å². The molecule has 1 aliphatic carbocycles. The van der Waals surface area contributed by atoms with Crippen molar-refractivity contribution < 1.29 is 0 Å². The van der Waals surface area contributed by atoms with Crippen LogP contribution in [0, 0.1) is 11.8 Å². The first-order valence-corrected chi connectivity index (χ1v) is 8.65. The van der Waals surface area contributed by atoms with Gasteiger partial charge < -0.3 is 0 Å². The van der Waals surface area contributed by atoms with Gasteiger partial charge in [0.15, 0.2) is 0 Å². The number of fused-ring (bicyclic) bond motifs is 1. The molecule has 4 atom stereocenters. The Morgan fingerprint density at radius 3 is 2.47 bits per heavy atom. The van der Waals surface area contributed by atoms with Gasteiger partial charge in [0.1, 0.15) is 0 Å². The molecule has 0 bridgehead atoms. The Hall–Kier alpha value is -0.0800. The van der Waals surface area contributed by atoms with Crippen LogP contribution < -0.4 is 0 Å².